The second kappa shape index (κ2) is 14.7. The summed E-state index contributed by atoms with van der Waals surface area (Å²) in [6.07, 6.45) is 0.111. The molecule has 4 aromatic rings. The van der Waals surface area contributed by atoms with Crippen molar-refractivity contribution in [3.05, 3.63) is 82.3 Å². The van der Waals surface area contributed by atoms with Gasteiger partial charge >= 0.3 is 13.7 Å². The van der Waals surface area contributed by atoms with E-state index in [-0.39, 0.29) is 43.2 Å². The number of hydrogen-bond donors (Lipinski definition) is 3. The van der Waals surface area contributed by atoms with Crippen LogP contribution in [0.4, 0.5) is 0 Å². The molecule has 2 atom stereocenters. The minimum atomic E-state index is -4.10. The molecule has 0 bridgehead atoms. The van der Waals surface area contributed by atoms with E-state index >= 15 is 0 Å². The third-order valence-electron chi connectivity index (χ3n) is 7.21. The highest BCUT2D eigenvalue weighted by atomic mass is 35.5. The number of carbonyl (C=O) groups is 3. The van der Waals surface area contributed by atoms with Crippen LogP contribution in [0.3, 0.4) is 0 Å². The van der Waals surface area contributed by atoms with Crippen LogP contribution in [-0.4, -0.2) is 81.9 Å². The number of H-pyrrole nitrogens is 2. The molecular weight excluding hydrogens is 651 g/mol. The molecular formula is C31H36ClN6O8P. The van der Waals surface area contributed by atoms with Gasteiger partial charge in [0.2, 0.25) is 0 Å². The largest absolute Gasteiger partial charge is 0.462 e. The molecule has 5 rings (SSSR count). The van der Waals surface area contributed by atoms with Gasteiger partial charge in [-0.25, -0.2) is 9.63 Å². The van der Waals surface area contributed by atoms with Gasteiger partial charge in [0.05, 0.1) is 25.9 Å². The zero-order chi connectivity index (χ0) is 33.7. The molecule has 14 nitrogen and oxygen atoms in total. The smallest absolute Gasteiger partial charge is 0.459 e. The van der Waals surface area contributed by atoms with Crippen molar-refractivity contribution in [1.82, 2.24) is 30.2 Å². The van der Waals surface area contributed by atoms with Gasteiger partial charge in [0.1, 0.15) is 17.5 Å². The Hall–Kier alpha value is -4.20. The predicted octanol–water partition coefficient (Wildman–Crippen LogP) is 4.88. The second-order valence-corrected chi connectivity index (χ2v) is 13.2. The Bertz CT molecular complexity index is 1790. The SMILES string of the molecule is CC(C)OC(=O)[C@H](C)NP(=O)(OCCON(C)C(=O)c1n[nH]c2c1CN(C(=O)c1cc3c(Cl)cccc3[nH]1)CC2)Oc1ccccc1. The van der Waals surface area contributed by atoms with E-state index in [1.165, 1.54) is 14.0 Å². The van der Waals surface area contributed by atoms with Gasteiger partial charge in [-0.2, -0.15) is 10.2 Å². The van der Waals surface area contributed by atoms with Crippen LogP contribution < -0.4 is 9.61 Å². The Morgan fingerprint density at radius 3 is 2.60 bits per heavy atom. The number of esters is 1. The van der Waals surface area contributed by atoms with Gasteiger partial charge in [-0.15, -0.1) is 0 Å². The molecule has 2 amide bonds. The van der Waals surface area contributed by atoms with Crippen LogP contribution in [0, 0.1) is 0 Å². The number of hydroxylamine groups is 2. The highest BCUT2D eigenvalue weighted by molar-refractivity contribution is 7.52. The molecule has 3 heterocycles. The summed E-state index contributed by atoms with van der Waals surface area (Å²) in [6.45, 7) is 5.01. The lowest BCUT2D eigenvalue weighted by molar-refractivity contribution is -0.149. The molecule has 0 radical (unpaired) electrons. The van der Waals surface area contributed by atoms with E-state index in [0.717, 1.165) is 21.7 Å². The normalized spacial score (nSPS) is 14.8. The first kappa shape index (κ1) is 34.1. The van der Waals surface area contributed by atoms with E-state index < -0.39 is 25.7 Å². The van der Waals surface area contributed by atoms with Gasteiger partial charge in [0.25, 0.3) is 11.8 Å². The fourth-order valence-corrected chi connectivity index (χ4v) is 6.63. The number of amides is 2. The summed E-state index contributed by atoms with van der Waals surface area (Å²) in [5.41, 5.74) is 2.59. The summed E-state index contributed by atoms with van der Waals surface area (Å²) in [5.74, 6) is -1.16. The zero-order valence-corrected chi connectivity index (χ0v) is 28.0. The number of hydrogen-bond acceptors (Lipinski definition) is 9. The molecule has 1 aliphatic heterocycles. The van der Waals surface area contributed by atoms with E-state index in [1.807, 2.05) is 6.07 Å². The first-order valence-electron chi connectivity index (χ1n) is 14.9. The van der Waals surface area contributed by atoms with Crippen LogP contribution in [0.5, 0.6) is 5.75 Å². The Morgan fingerprint density at radius 1 is 1.11 bits per heavy atom. The zero-order valence-electron chi connectivity index (χ0n) is 26.3. The minimum absolute atomic E-state index is 0.109. The van der Waals surface area contributed by atoms with Crippen molar-refractivity contribution >= 4 is 48.0 Å². The first-order valence-corrected chi connectivity index (χ1v) is 16.9. The average molecular weight is 687 g/mol. The summed E-state index contributed by atoms with van der Waals surface area (Å²) in [4.78, 5) is 49.4. The van der Waals surface area contributed by atoms with Crippen LogP contribution in [0.2, 0.25) is 5.02 Å². The van der Waals surface area contributed by atoms with E-state index in [9.17, 15) is 18.9 Å². The fraction of sp³-hybridized carbons (Fsp3) is 0.355. The molecule has 0 saturated heterocycles. The Balaban J connectivity index is 1.19. The van der Waals surface area contributed by atoms with E-state index in [1.54, 1.807) is 67.3 Å². The third kappa shape index (κ3) is 8.21. The Morgan fingerprint density at radius 2 is 1.87 bits per heavy atom. The second-order valence-electron chi connectivity index (χ2n) is 11.1. The van der Waals surface area contributed by atoms with Crippen molar-refractivity contribution in [3.63, 3.8) is 0 Å². The summed E-state index contributed by atoms with van der Waals surface area (Å²) < 4.78 is 30.0. The fourth-order valence-electron chi connectivity index (χ4n) is 4.92. The number of fused-ring (bicyclic) bond motifs is 2. The number of halogens is 1. The molecule has 0 saturated carbocycles. The molecule has 0 spiro atoms. The molecule has 47 heavy (non-hydrogen) atoms. The highest BCUT2D eigenvalue weighted by Gasteiger charge is 2.33. The van der Waals surface area contributed by atoms with Crippen molar-refractivity contribution in [2.24, 2.45) is 0 Å². The molecule has 0 fully saturated rings. The van der Waals surface area contributed by atoms with E-state index in [4.69, 9.17) is 30.2 Å². The molecule has 250 valence electrons. The van der Waals surface area contributed by atoms with Gasteiger partial charge in [0.15, 0.2) is 5.69 Å². The standard InChI is InChI=1S/C31H36ClN6O8P/c1-19(2)45-31(41)20(3)36-47(42,46-21-9-6-5-7-10-21)44-16-15-43-37(4)30(40)28-23-18-38(14-13-26(23)34-35-28)29(39)27-17-22-24(32)11-8-12-25(22)33-27/h5-12,17,19-20,33H,13-16,18H2,1-4H3,(H,34,35)(H,36,42)/t20-,47?/m0/s1. The van der Waals surface area contributed by atoms with Gasteiger partial charge in [-0.3, -0.25) is 28.8 Å². The lowest BCUT2D eigenvalue weighted by Gasteiger charge is -2.27. The number of aromatic amines is 2. The topological polar surface area (TPSA) is 168 Å². The van der Waals surface area contributed by atoms with Crippen molar-refractivity contribution in [3.8, 4) is 5.75 Å². The van der Waals surface area contributed by atoms with E-state index in [2.05, 4.69) is 20.3 Å². The van der Waals surface area contributed by atoms with Crippen LogP contribution in [0.1, 0.15) is 53.0 Å². The quantitative estimate of drug-likeness (QED) is 0.0763. The van der Waals surface area contributed by atoms with Gasteiger partial charge in [-0.1, -0.05) is 35.9 Å². The number of nitrogens with one attached hydrogen (secondary N) is 3. The number of benzene rings is 2. The Labute approximate surface area is 276 Å². The van der Waals surface area contributed by atoms with Crippen molar-refractivity contribution in [2.75, 3.05) is 26.8 Å². The van der Waals surface area contributed by atoms with Crippen LogP contribution in [0.15, 0.2) is 54.6 Å². The van der Waals surface area contributed by atoms with Crippen molar-refractivity contribution in [1.29, 1.82) is 0 Å². The minimum Gasteiger partial charge on any atom is -0.462 e. The maximum Gasteiger partial charge on any atom is 0.459 e. The molecule has 1 unspecified atom stereocenters. The third-order valence-corrected chi connectivity index (χ3v) is 9.21. The van der Waals surface area contributed by atoms with Crippen LogP contribution >= 0.6 is 19.3 Å². The number of ether oxygens (including phenoxy) is 1. The maximum absolute atomic E-state index is 13.6. The van der Waals surface area contributed by atoms with E-state index in [0.29, 0.717) is 29.2 Å². The molecule has 16 heteroatoms. The summed E-state index contributed by atoms with van der Waals surface area (Å²) in [7, 11) is -2.69. The van der Waals surface area contributed by atoms with Crippen LogP contribution in [0.25, 0.3) is 10.9 Å². The lowest BCUT2D eigenvalue weighted by atomic mass is 10.0. The lowest BCUT2D eigenvalue weighted by Crippen LogP contribution is -2.37. The summed E-state index contributed by atoms with van der Waals surface area (Å²) >= 11 is 6.29. The maximum atomic E-state index is 13.6. The summed E-state index contributed by atoms with van der Waals surface area (Å²) in [5, 5.41) is 12.0. The number of carbonyl (C=O) groups excluding carboxylic acids is 3. The number of nitrogens with zero attached hydrogens (tertiary/aromatic N) is 3. The highest BCUT2D eigenvalue weighted by Crippen LogP contribution is 2.44. The monoisotopic (exact) mass is 686 g/mol. The van der Waals surface area contributed by atoms with Crippen LogP contribution in [-0.2, 0) is 36.4 Å². The number of para-hydroxylation sites is 1. The molecule has 0 aliphatic carbocycles. The van der Waals surface area contributed by atoms with Gasteiger partial charge < -0.3 is 19.1 Å². The predicted molar refractivity (Wildman–Crippen MR) is 173 cm³/mol. The number of aromatic nitrogens is 3. The first-order chi connectivity index (χ1) is 22.4. The summed E-state index contributed by atoms with van der Waals surface area (Å²) in [6, 6.07) is 14.4. The Kier molecular flexibility index (Phi) is 10.7. The molecule has 2 aromatic heterocycles. The van der Waals surface area contributed by atoms with Gasteiger partial charge in [-0.05, 0) is 51.1 Å². The van der Waals surface area contributed by atoms with Crippen molar-refractivity contribution in [2.45, 2.75) is 45.9 Å². The molecule has 2 aromatic carbocycles. The molecule has 1 aliphatic rings. The van der Waals surface area contributed by atoms with Gasteiger partial charge in [0, 0.05) is 47.2 Å². The van der Waals surface area contributed by atoms with Crippen molar-refractivity contribution < 1.29 is 37.6 Å². The average Bonchev–Trinajstić information content (AvgIpc) is 3.67. The molecule has 3 N–H and O–H groups in total. The number of rotatable bonds is 13.